The Kier molecular flexibility index (Phi) is 7.14. The van der Waals surface area contributed by atoms with E-state index in [9.17, 15) is 22.8 Å². The molecule has 0 unspecified atom stereocenters. The van der Waals surface area contributed by atoms with Gasteiger partial charge in [0.15, 0.2) is 0 Å². The lowest BCUT2D eigenvalue weighted by molar-refractivity contribution is -0.274. The van der Waals surface area contributed by atoms with Crippen LogP contribution < -0.4 is 15.4 Å². The quantitative estimate of drug-likeness (QED) is 0.466. The van der Waals surface area contributed by atoms with Crippen molar-refractivity contribution in [2.75, 3.05) is 13.1 Å². The van der Waals surface area contributed by atoms with Crippen molar-refractivity contribution >= 4 is 17.6 Å². The van der Waals surface area contributed by atoms with Gasteiger partial charge in [0.2, 0.25) is 5.91 Å². The standard InChI is InChI=1S/C26H22F3N3O3/c27-26(28,29)35-20-12-10-19(11-13-20)18-8-6-17(7-9-18)16-23(33)30-14-3-15-31-24-21-4-1-2-5-22(21)25(34)32-24/h1-2,4-13H,3,14-16H2,(H,30,33)(H,31,32,34). The molecule has 0 fully saturated rings. The number of benzene rings is 3. The van der Waals surface area contributed by atoms with Crippen molar-refractivity contribution < 1.29 is 27.5 Å². The Bertz CT molecular complexity index is 1240. The van der Waals surface area contributed by atoms with E-state index in [4.69, 9.17) is 0 Å². The number of halogens is 3. The fourth-order valence-corrected chi connectivity index (χ4v) is 3.66. The number of carbonyl (C=O) groups excluding carboxylic acids is 2. The summed E-state index contributed by atoms with van der Waals surface area (Å²) >= 11 is 0. The maximum atomic E-state index is 12.3. The number of amidine groups is 1. The molecule has 35 heavy (non-hydrogen) atoms. The number of aliphatic imine (C=N–C) groups is 1. The molecule has 2 N–H and O–H groups in total. The number of carbonyl (C=O) groups is 2. The maximum Gasteiger partial charge on any atom is 0.573 e. The van der Waals surface area contributed by atoms with Crippen LogP contribution in [0, 0.1) is 0 Å². The molecule has 1 aliphatic heterocycles. The molecule has 1 aliphatic rings. The summed E-state index contributed by atoms with van der Waals surface area (Å²) in [5.41, 5.74) is 3.76. The van der Waals surface area contributed by atoms with E-state index in [1.807, 2.05) is 24.3 Å². The highest BCUT2D eigenvalue weighted by molar-refractivity contribution is 6.23. The van der Waals surface area contributed by atoms with Crippen molar-refractivity contribution in [2.24, 2.45) is 4.99 Å². The fourth-order valence-electron chi connectivity index (χ4n) is 3.66. The molecule has 0 aromatic heterocycles. The van der Waals surface area contributed by atoms with Gasteiger partial charge >= 0.3 is 6.36 Å². The molecule has 2 amide bonds. The predicted octanol–water partition coefficient (Wildman–Crippen LogP) is 4.49. The number of rotatable bonds is 8. The van der Waals surface area contributed by atoms with Crippen LogP contribution in [0.25, 0.3) is 11.1 Å². The van der Waals surface area contributed by atoms with Gasteiger partial charge in [0.1, 0.15) is 11.6 Å². The van der Waals surface area contributed by atoms with E-state index in [1.54, 1.807) is 36.4 Å². The van der Waals surface area contributed by atoms with Gasteiger partial charge in [0.05, 0.1) is 12.0 Å². The van der Waals surface area contributed by atoms with Crippen molar-refractivity contribution in [1.29, 1.82) is 0 Å². The molecule has 0 atom stereocenters. The minimum atomic E-state index is -4.72. The van der Waals surface area contributed by atoms with Crippen molar-refractivity contribution in [2.45, 2.75) is 19.2 Å². The predicted molar refractivity (Wildman–Crippen MR) is 125 cm³/mol. The molecule has 3 aromatic rings. The third-order valence-electron chi connectivity index (χ3n) is 5.33. The highest BCUT2D eigenvalue weighted by atomic mass is 19.4. The number of hydrogen-bond donors (Lipinski definition) is 2. The van der Waals surface area contributed by atoms with Crippen molar-refractivity contribution in [3.05, 3.63) is 89.5 Å². The Morgan fingerprint density at radius 1 is 0.914 bits per heavy atom. The molecular formula is C26H22F3N3O3. The van der Waals surface area contributed by atoms with E-state index in [-0.39, 0.29) is 24.0 Å². The number of ether oxygens (including phenoxy) is 1. The number of nitrogens with one attached hydrogen (secondary N) is 2. The summed E-state index contributed by atoms with van der Waals surface area (Å²) in [6.45, 7) is 0.918. The van der Waals surface area contributed by atoms with E-state index in [0.29, 0.717) is 30.9 Å². The molecule has 0 radical (unpaired) electrons. The lowest BCUT2D eigenvalue weighted by atomic mass is 10.0. The highest BCUT2D eigenvalue weighted by Crippen LogP contribution is 2.26. The zero-order valence-electron chi connectivity index (χ0n) is 18.6. The maximum absolute atomic E-state index is 12.3. The van der Waals surface area contributed by atoms with Gasteiger partial charge in [-0.15, -0.1) is 13.2 Å². The Hall–Kier alpha value is -4.14. The van der Waals surface area contributed by atoms with Gasteiger partial charge in [-0.2, -0.15) is 0 Å². The number of alkyl halides is 3. The van der Waals surface area contributed by atoms with E-state index in [2.05, 4.69) is 20.4 Å². The summed E-state index contributed by atoms with van der Waals surface area (Å²) < 4.78 is 40.7. The first kappa shape index (κ1) is 24.0. The second kappa shape index (κ2) is 10.4. The Morgan fingerprint density at radius 2 is 1.54 bits per heavy atom. The number of nitrogens with zero attached hydrogens (tertiary/aromatic N) is 1. The molecule has 0 aliphatic carbocycles. The second-order valence-electron chi connectivity index (χ2n) is 7.88. The Morgan fingerprint density at radius 3 is 2.20 bits per heavy atom. The van der Waals surface area contributed by atoms with Gasteiger partial charge in [0, 0.05) is 18.7 Å². The molecular weight excluding hydrogens is 459 g/mol. The van der Waals surface area contributed by atoms with Crippen molar-refractivity contribution in [3.8, 4) is 16.9 Å². The van der Waals surface area contributed by atoms with Gasteiger partial charge in [0.25, 0.3) is 5.91 Å². The van der Waals surface area contributed by atoms with Crippen LogP contribution in [0.1, 0.15) is 27.9 Å². The monoisotopic (exact) mass is 481 g/mol. The number of amides is 2. The van der Waals surface area contributed by atoms with E-state index >= 15 is 0 Å². The first-order valence-electron chi connectivity index (χ1n) is 11.0. The average Bonchev–Trinajstić information content (AvgIpc) is 3.14. The van der Waals surface area contributed by atoms with Gasteiger partial charge in [-0.25, -0.2) is 0 Å². The first-order chi connectivity index (χ1) is 16.8. The zero-order valence-corrected chi connectivity index (χ0v) is 18.6. The van der Waals surface area contributed by atoms with E-state index in [1.165, 1.54) is 12.1 Å². The molecule has 0 bridgehead atoms. The van der Waals surface area contributed by atoms with Crippen LogP contribution >= 0.6 is 0 Å². The molecule has 1 heterocycles. The van der Waals surface area contributed by atoms with Crippen LogP contribution in [0.2, 0.25) is 0 Å². The summed E-state index contributed by atoms with van der Waals surface area (Å²) in [6.07, 6.45) is -3.89. The largest absolute Gasteiger partial charge is 0.573 e. The van der Waals surface area contributed by atoms with Crippen LogP contribution in [0.3, 0.4) is 0 Å². The molecule has 4 rings (SSSR count). The van der Waals surface area contributed by atoms with Gasteiger partial charge < -0.3 is 15.4 Å². The molecule has 180 valence electrons. The van der Waals surface area contributed by atoms with Crippen molar-refractivity contribution in [1.82, 2.24) is 10.6 Å². The molecule has 9 heteroatoms. The van der Waals surface area contributed by atoms with E-state index < -0.39 is 6.36 Å². The molecule has 0 spiro atoms. The summed E-state index contributed by atoms with van der Waals surface area (Å²) in [6, 6.07) is 20.1. The summed E-state index contributed by atoms with van der Waals surface area (Å²) in [4.78, 5) is 28.6. The topological polar surface area (TPSA) is 79.8 Å². The Balaban J connectivity index is 1.22. The van der Waals surface area contributed by atoms with Crippen molar-refractivity contribution in [3.63, 3.8) is 0 Å². The third-order valence-corrected chi connectivity index (χ3v) is 5.33. The first-order valence-corrected chi connectivity index (χ1v) is 11.0. The van der Waals surface area contributed by atoms with Crippen LogP contribution in [0.4, 0.5) is 13.2 Å². The summed E-state index contributed by atoms with van der Waals surface area (Å²) in [7, 11) is 0. The average molecular weight is 481 g/mol. The number of fused-ring (bicyclic) bond motifs is 1. The molecule has 3 aromatic carbocycles. The molecule has 6 nitrogen and oxygen atoms in total. The SMILES string of the molecule is O=C(Cc1ccc(-c2ccc(OC(F)(F)F)cc2)cc1)NCCCN=C1NC(=O)c2ccccc21. The van der Waals surface area contributed by atoms with Crippen LogP contribution in [-0.4, -0.2) is 37.1 Å². The lowest BCUT2D eigenvalue weighted by Crippen LogP contribution is -2.27. The fraction of sp³-hybridized carbons (Fsp3) is 0.192. The Labute approximate surface area is 199 Å². The zero-order chi connectivity index (χ0) is 24.8. The normalized spacial score (nSPS) is 13.9. The molecule has 0 saturated heterocycles. The highest BCUT2D eigenvalue weighted by Gasteiger charge is 2.31. The smallest absolute Gasteiger partial charge is 0.406 e. The van der Waals surface area contributed by atoms with Crippen LogP contribution in [0.15, 0.2) is 77.8 Å². The number of hydrogen-bond acceptors (Lipinski definition) is 4. The minimum absolute atomic E-state index is 0.126. The third kappa shape index (κ3) is 6.47. The molecule has 0 saturated carbocycles. The van der Waals surface area contributed by atoms with E-state index in [0.717, 1.165) is 22.3 Å². The van der Waals surface area contributed by atoms with Crippen LogP contribution in [0.5, 0.6) is 5.75 Å². The van der Waals surface area contributed by atoms with Crippen LogP contribution in [-0.2, 0) is 11.2 Å². The summed E-state index contributed by atoms with van der Waals surface area (Å²) in [5, 5.41) is 5.61. The van der Waals surface area contributed by atoms with Gasteiger partial charge in [-0.3, -0.25) is 14.6 Å². The minimum Gasteiger partial charge on any atom is -0.406 e. The summed E-state index contributed by atoms with van der Waals surface area (Å²) in [5.74, 6) is -0.0111. The second-order valence-corrected chi connectivity index (χ2v) is 7.88. The van der Waals surface area contributed by atoms with Gasteiger partial charge in [-0.05, 0) is 41.3 Å². The lowest BCUT2D eigenvalue weighted by Gasteiger charge is -2.10. The van der Waals surface area contributed by atoms with Gasteiger partial charge in [-0.1, -0.05) is 54.6 Å².